The summed E-state index contributed by atoms with van der Waals surface area (Å²) < 4.78 is 1.75. The molecule has 0 N–H and O–H groups in total. The van der Waals surface area contributed by atoms with Crippen LogP contribution in [0, 0.1) is 0 Å². The molecule has 1 aliphatic heterocycles. The lowest BCUT2D eigenvalue weighted by Gasteiger charge is -2.38. The Balaban J connectivity index is 1.98. The van der Waals surface area contributed by atoms with Crippen molar-refractivity contribution in [1.29, 1.82) is 0 Å². The van der Waals surface area contributed by atoms with Crippen LogP contribution in [0.4, 0.5) is 5.69 Å². The summed E-state index contributed by atoms with van der Waals surface area (Å²) in [4.78, 5) is 17.3. The number of fused-ring (bicyclic) bond motifs is 1. The summed E-state index contributed by atoms with van der Waals surface area (Å²) >= 11 is 0. The quantitative estimate of drug-likeness (QED) is 0.861. The zero-order valence-electron chi connectivity index (χ0n) is 15.7. The number of hydrogen-bond donors (Lipinski definition) is 0. The van der Waals surface area contributed by atoms with Gasteiger partial charge in [0.15, 0.2) is 5.69 Å². The molecule has 0 aliphatic carbocycles. The highest BCUT2D eigenvalue weighted by Crippen LogP contribution is 2.32. The van der Waals surface area contributed by atoms with Gasteiger partial charge >= 0.3 is 0 Å². The third-order valence-electron chi connectivity index (χ3n) is 4.56. The fourth-order valence-corrected chi connectivity index (χ4v) is 3.29. The molecule has 0 saturated carbocycles. The monoisotopic (exact) mass is 341 g/mol. The Morgan fingerprint density at radius 2 is 2.00 bits per heavy atom. The maximum Gasteiger partial charge on any atom is 0.280 e. The molecule has 0 radical (unpaired) electrons. The van der Waals surface area contributed by atoms with Gasteiger partial charge in [-0.15, -0.1) is 5.10 Å². The Labute approximate surface area is 149 Å². The summed E-state index contributed by atoms with van der Waals surface area (Å²) in [5.74, 6) is -0.0745. The number of likely N-dealkylation sites (N-methyl/N-ethyl adjacent to an activating group) is 1. The molecular formula is C19H27N5O. The van der Waals surface area contributed by atoms with E-state index in [-0.39, 0.29) is 17.5 Å². The van der Waals surface area contributed by atoms with Crippen molar-refractivity contribution in [3.8, 4) is 0 Å². The number of para-hydroxylation sites is 1. The summed E-state index contributed by atoms with van der Waals surface area (Å²) in [7, 11) is 4.08. The number of benzene rings is 1. The average Bonchev–Trinajstić information content (AvgIpc) is 3.04. The Morgan fingerprint density at radius 3 is 2.64 bits per heavy atom. The van der Waals surface area contributed by atoms with E-state index in [1.54, 1.807) is 10.9 Å². The Kier molecular flexibility index (Phi) is 4.64. The number of aromatic nitrogens is 3. The Hall–Kier alpha value is -2.21. The molecule has 1 unspecified atom stereocenters. The van der Waals surface area contributed by atoms with Crippen molar-refractivity contribution in [1.82, 2.24) is 19.9 Å². The van der Waals surface area contributed by atoms with Crippen LogP contribution in [0.25, 0.3) is 0 Å². The van der Waals surface area contributed by atoms with Gasteiger partial charge in [-0.25, -0.2) is 4.68 Å². The number of amides is 1. The van der Waals surface area contributed by atoms with Gasteiger partial charge in [-0.2, -0.15) is 0 Å². The second-order valence-electron chi connectivity index (χ2n) is 7.98. The first-order valence-corrected chi connectivity index (χ1v) is 8.76. The van der Waals surface area contributed by atoms with E-state index in [9.17, 15) is 4.79 Å². The van der Waals surface area contributed by atoms with Crippen LogP contribution in [-0.4, -0.2) is 52.5 Å². The molecule has 6 heteroatoms. The van der Waals surface area contributed by atoms with E-state index in [4.69, 9.17) is 0 Å². The van der Waals surface area contributed by atoms with Gasteiger partial charge in [0.25, 0.3) is 5.91 Å². The molecular weight excluding hydrogens is 314 g/mol. The van der Waals surface area contributed by atoms with Crippen molar-refractivity contribution < 1.29 is 4.79 Å². The van der Waals surface area contributed by atoms with Crippen LogP contribution in [0.15, 0.2) is 30.5 Å². The Morgan fingerprint density at radius 1 is 1.28 bits per heavy atom. The second-order valence-corrected chi connectivity index (χ2v) is 7.98. The van der Waals surface area contributed by atoms with Crippen LogP contribution in [0.5, 0.6) is 0 Å². The maximum atomic E-state index is 13.3. The first-order chi connectivity index (χ1) is 11.8. The topological polar surface area (TPSA) is 54.3 Å². The lowest BCUT2D eigenvalue weighted by atomic mass is 9.95. The predicted octanol–water partition coefficient (Wildman–Crippen LogP) is 2.56. The number of aryl methyl sites for hydroxylation is 1. The highest BCUT2D eigenvalue weighted by molar-refractivity contribution is 6.05. The normalized spacial score (nSPS) is 17.7. The fraction of sp³-hybridized carbons (Fsp3) is 0.526. The SMILES string of the molecule is CN(C)CC1CCc2ccccc2N1C(=O)c1cn(C(C)(C)C)nn1. The number of carbonyl (C=O) groups is 1. The van der Waals surface area contributed by atoms with Gasteiger partial charge < -0.3 is 9.80 Å². The van der Waals surface area contributed by atoms with Crippen molar-refractivity contribution in [2.75, 3.05) is 25.5 Å². The Bertz CT molecular complexity index is 759. The van der Waals surface area contributed by atoms with Gasteiger partial charge in [0, 0.05) is 12.2 Å². The largest absolute Gasteiger partial charge is 0.307 e. The van der Waals surface area contributed by atoms with Gasteiger partial charge in [0.05, 0.1) is 17.8 Å². The predicted molar refractivity (Wildman–Crippen MR) is 98.9 cm³/mol. The number of anilines is 1. The minimum atomic E-state index is -0.200. The van der Waals surface area contributed by atoms with Crippen molar-refractivity contribution in [2.45, 2.75) is 45.2 Å². The van der Waals surface area contributed by atoms with Crippen LogP contribution in [0.1, 0.15) is 43.2 Å². The third kappa shape index (κ3) is 3.58. The first-order valence-electron chi connectivity index (χ1n) is 8.76. The van der Waals surface area contributed by atoms with Crippen molar-refractivity contribution in [2.24, 2.45) is 0 Å². The van der Waals surface area contributed by atoms with Gasteiger partial charge in [-0.1, -0.05) is 23.4 Å². The van der Waals surface area contributed by atoms with Crippen LogP contribution < -0.4 is 4.90 Å². The zero-order chi connectivity index (χ0) is 18.2. The molecule has 1 aromatic heterocycles. The summed E-state index contributed by atoms with van der Waals surface area (Å²) in [6, 6.07) is 8.29. The number of carbonyl (C=O) groups excluding carboxylic acids is 1. The van der Waals surface area contributed by atoms with E-state index in [1.807, 2.05) is 58.0 Å². The van der Waals surface area contributed by atoms with E-state index in [0.29, 0.717) is 5.69 Å². The maximum absolute atomic E-state index is 13.3. The molecule has 2 aromatic rings. The fourth-order valence-electron chi connectivity index (χ4n) is 3.29. The van der Waals surface area contributed by atoms with E-state index in [0.717, 1.165) is 25.1 Å². The first kappa shape index (κ1) is 17.6. The van der Waals surface area contributed by atoms with Crippen molar-refractivity contribution >= 4 is 11.6 Å². The molecule has 0 saturated heterocycles. The molecule has 25 heavy (non-hydrogen) atoms. The highest BCUT2D eigenvalue weighted by Gasteiger charge is 2.33. The minimum absolute atomic E-state index is 0.0745. The number of hydrogen-bond acceptors (Lipinski definition) is 4. The summed E-state index contributed by atoms with van der Waals surface area (Å²) in [6.45, 7) is 6.95. The van der Waals surface area contributed by atoms with Crippen LogP contribution >= 0.6 is 0 Å². The third-order valence-corrected chi connectivity index (χ3v) is 4.56. The van der Waals surface area contributed by atoms with Gasteiger partial charge in [-0.3, -0.25) is 4.79 Å². The molecule has 1 aliphatic rings. The highest BCUT2D eigenvalue weighted by atomic mass is 16.2. The van der Waals surface area contributed by atoms with Gasteiger partial charge in [-0.05, 0) is 59.3 Å². The summed E-state index contributed by atoms with van der Waals surface area (Å²) in [5.41, 5.74) is 2.41. The summed E-state index contributed by atoms with van der Waals surface area (Å²) in [6.07, 6.45) is 3.70. The zero-order valence-corrected chi connectivity index (χ0v) is 15.7. The lowest BCUT2D eigenvalue weighted by Crippen LogP contribution is -2.48. The molecule has 0 spiro atoms. The molecule has 3 rings (SSSR count). The van der Waals surface area contributed by atoms with Gasteiger partial charge in [0.2, 0.25) is 0 Å². The molecule has 1 amide bonds. The van der Waals surface area contributed by atoms with Crippen LogP contribution in [-0.2, 0) is 12.0 Å². The van der Waals surface area contributed by atoms with E-state index in [2.05, 4.69) is 21.3 Å². The van der Waals surface area contributed by atoms with E-state index >= 15 is 0 Å². The lowest BCUT2D eigenvalue weighted by molar-refractivity contribution is 0.0963. The molecule has 0 bridgehead atoms. The molecule has 2 heterocycles. The standard InChI is InChI=1S/C19H27N5O/c1-19(2,3)23-13-16(20-21-23)18(25)24-15(12-22(4)5)11-10-14-8-6-7-9-17(14)24/h6-9,13,15H,10-12H2,1-5H3. The minimum Gasteiger partial charge on any atom is -0.307 e. The smallest absolute Gasteiger partial charge is 0.280 e. The van der Waals surface area contributed by atoms with Crippen molar-refractivity contribution in [3.63, 3.8) is 0 Å². The number of nitrogens with zero attached hydrogens (tertiary/aromatic N) is 5. The van der Waals surface area contributed by atoms with Crippen LogP contribution in [0.3, 0.4) is 0 Å². The summed E-state index contributed by atoms with van der Waals surface area (Å²) in [5, 5.41) is 8.31. The van der Waals surface area contributed by atoms with E-state index in [1.165, 1.54) is 5.56 Å². The van der Waals surface area contributed by atoms with E-state index < -0.39 is 0 Å². The van der Waals surface area contributed by atoms with Crippen molar-refractivity contribution in [3.05, 3.63) is 41.7 Å². The average molecular weight is 341 g/mol. The molecule has 134 valence electrons. The van der Waals surface area contributed by atoms with Crippen LogP contribution in [0.2, 0.25) is 0 Å². The second kappa shape index (κ2) is 6.59. The van der Waals surface area contributed by atoms with Gasteiger partial charge in [0.1, 0.15) is 0 Å². The molecule has 0 fully saturated rings. The molecule has 1 aromatic carbocycles. The molecule has 6 nitrogen and oxygen atoms in total. The molecule has 1 atom stereocenters. The number of rotatable bonds is 3.